The molecule has 3 heteroatoms. The molecule has 0 spiro atoms. The van der Waals surface area contributed by atoms with E-state index in [0.29, 0.717) is 12.1 Å². The summed E-state index contributed by atoms with van der Waals surface area (Å²) in [6.45, 7) is 1.83. The minimum Gasteiger partial charge on any atom is -0.328 e. The predicted octanol–water partition coefficient (Wildman–Crippen LogP) is 1.11. The molecule has 1 atom stereocenters. The molecular weight excluding hydrogens is 143 g/mol. The zero-order valence-corrected chi connectivity index (χ0v) is 6.42. The van der Waals surface area contributed by atoms with Crippen molar-refractivity contribution < 1.29 is 4.39 Å². The van der Waals surface area contributed by atoms with Crippen molar-refractivity contribution in [2.24, 2.45) is 5.73 Å². The Labute approximate surface area is 65.3 Å². The first-order valence-corrected chi connectivity index (χ1v) is 3.55. The van der Waals surface area contributed by atoms with E-state index in [9.17, 15) is 4.39 Å². The summed E-state index contributed by atoms with van der Waals surface area (Å²) in [6.07, 6.45) is 2.06. The first-order valence-electron chi connectivity index (χ1n) is 3.55. The van der Waals surface area contributed by atoms with E-state index in [0.717, 1.165) is 0 Å². The van der Waals surface area contributed by atoms with Crippen LogP contribution in [-0.4, -0.2) is 11.0 Å². The minimum absolute atomic E-state index is 0.0422. The molecule has 0 aliphatic heterocycles. The fourth-order valence-electron chi connectivity index (χ4n) is 0.874. The minimum atomic E-state index is -0.273. The van der Waals surface area contributed by atoms with Gasteiger partial charge in [0.05, 0.1) is 5.69 Å². The third-order valence-electron chi connectivity index (χ3n) is 1.35. The molecule has 1 rings (SSSR count). The summed E-state index contributed by atoms with van der Waals surface area (Å²) in [6, 6.07) is 2.92. The average molecular weight is 154 g/mol. The van der Waals surface area contributed by atoms with Gasteiger partial charge in [0, 0.05) is 18.7 Å². The highest BCUT2D eigenvalue weighted by atomic mass is 19.1. The van der Waals surface area contributed by atoms with Gasteiger partial charge in [0.1, 0.15) is 5.82 Å². The molecule has 0 fully saturated rings. The van der Waals surface area contributed by atoms with Crippen molar-refractivity contribution >= 4 is 0 Å². The van der Waals surface area contributed by atoms with Crippen LogP contribution in [0.2, 0.25) is 0 Å². The number of rotatable bonds is 2. The van der Waals surface area contributed by atoms with E-state index in [1.165, 1.54) is 6.07 Å². The molecule has 0 aromatic carbocycles. The summed E-state index contributed by atoms with van der Waals surface area (Å²) in [5, 5.41) is 0. The Morgan fingerprint density at radius 2 is 2.45 bits per heavy atom. The van der Waals surface area contributed by atoms with E-state index in [1.54, 1.807) is 12.3 Å². The molecule has 0 amide bonds. The third-order valence-corrected chi connectivity index (χ3v) is 1.35. The van der Waals surface area contributed by atoms with Crippen LogP contribution >= 0.6 is 0 Å². The number of nitrogens with zero attached hydrogens (tertiary/aromatic N) is 1. The van der Waals surface area contributed by atoms with Crippen molar-refractivity contribution in [2.45, 2.75) is 19.4 Å². The van der Waals surface area contributed by atoms with Gasteiger partial charge in [0.15, 0.2) is 0 Å². The van der Waals surface area contributed by atoms with Gasteiger partial charge in [0.25, 0.3) is 0 Å². The average Bonchev–Trinajstić information content (AvgIpc) is 1.93. The largest absolute Gasteiger partial charge is 0.328 e. The molecule has 1 aromatic rings. The van der Waals surface area contributed by atoms with Crippen molar-refractivity contribution in [2.75, 3.05) is 0 Å². The number of hydrogen-bond acceptors (Lipinski definition) is 2. The van der Waals surface area contributed by atoms with Crippen LogP contribution in [-0.2, 0) is 6.42 Å². The van der Waals surface area contributed by atoms with Gasteiger partial charge in [-0.25, -0.2) is 4.39 Å². The van der Waals surface area contributed by atoms with Crippen molar-refractivity contribution in [1.82, 2.24) is 4.98 Å². The third kappa shape index (κ3) is 2.27. The molecule has 1 aromatic heterocycles. The normalized spacial score (nSPS) is 13.0. The van der Waals surface area contributed by atoms with E-state index >= 15 is 0 Å². The Morgan fingerprint density at radius 1 is 1.73 bits per heavy atom. The number of aromatic nitrogens is 1. The number of nitrogens with two attached hydrogens (primary N) is 1. The second-order valence-corrected chi connectivity index (χ2v) is 2.61. The molecule has 2 nitrogen and oxygen atoms in total. The van der Waals surface area contributed by atoms with E-state index in [2.05, 4.69) is 4.98 Å². The molecular formula is C8H11FN2. The molecule has 2 N–H and O–H groups in total. The van der Waals surface area contributed by atoms with Crippen LogP contribution in [0.15, 0.2) is 18.3 Å². The van der Waals surface area contributed by atoms with Crippen LogP contribution < -0.4 is 5.73 Å². The van der Waals surface area contributed by atoms with Gasteiger partial charge in [-0.15, -0.1) is 0 Å². The van der Waals surface area contributed by atoms with Gasteiger partial charge in [-0.3, -0.25) is 4.98 Å². The van der Waals surface area contributed by atoms with Crippen LogP contribution in [0.25, 0.3) is 0 Å². The molecule has 1 heterocycles. The Bertz CT molecular complexity index is 235. The molecule has 11 heavy (non-hydrogen) atoms. The molecule has 0 bridgehead atoms. The molecule has 60 valence electrons. The number of halogens is 1. The van der Waals surface area contributed by atoms with Crippen molar-refractivity contribution in [3.8, 4) is 0 Å². The second kappa shape index (κ2) is 3.44. The zero-order valence-electron chi connectivity index (χ0n) is 6.42. The lowest BCUT2D eigenvalue weighted by atomic mass is 10.2. The van der Waals surface area contributed by atoms with Crippen LogP contribution in [0, 0.1) is 5.82 Å². The van der Waals surface area contributed by atoms with Crippen LogP contribution in [0.3, 0.4) is 0 Å². The van der Waals surface area contributed by atoms with E-state index in [4.69, 9.17) is 5.73 Å². The van der Waals surface area contributed by atoms with Crippen molar-refractivity contribution in [3.63, 3.8) is 0 Å². The summed E-state index contributed by atoms with van der Waals surface area (Å²) in [4.78, 5) is 3.86. The molecule has 0 radical (unpaired) electrons. The quantitative estimate of drug-likeness (QED) is 0.693. The predicted molar refractivity (Wildman–Crippen MR) is 41.5 cm³/mol. The second-order valence-electron chi connectivity index (χ2n) is 2.61. The fraction of sp³-hybridized carbons (Fsp3) is 0.375. The summed E-state index contributed by atoms with van der Waals surface area (Å²) in [5.74, 6) is -0.273. The Hall–Kier alpha value is -0.960. The van der Waals surface area contributed by atoms with E-state index in [-0.39, 0.29) is 11.9 Å². The Kier molecular flexibility index (Phi) is 2.54. The van der Waals surface area contributed by atoms with Gasteiger partial charge in [-0.2, -0.15) is 0 Å². The summed E-state index contributed by atoms with van der Waals surface area (Å²) < 4.78 is 12.8. The summed E-state index contributed by atoms with van der Waals surface area (Å²) in [5.41, 5.74) is 5.93. The lowest BCUT2D eigenvalue weighted by Crippen LogP contribution is -2.19. The van der Waals surface area contributed by atoms with E-state index in [1.807, 2.05) is 6.92 Å². The van der Waals surface area contributed by atoms with Gasteiger partial charge in [-0.05, 0) is 19.1 Å². The highest BCUT2D eigenvalue weighted by Crippen LogP contribution is 2.03. The van der Waals surface area contributed by atoms with Gasteiger partial charge < -0.3 is 5.73 Å². The Morgan fingerprint density at radius 3 is 3.00 bits per heavy atom. The van der Waals surface area contributed by atoms with Crippen LogP contribution in [0.1, 0.15) is 12.6 Å². The van der Waals surface area contributed by atoms with Gasteiger partial charge in [0.2, 0.25) is 0 Å². The summed E-state index contributed by atoms with van der Waals surface area (Å²) >= 11 is 0. The molecule has 0 aliphatic rings. The number of pyridine rings is 1. The van der Waals surface area contributed by atoms with Crippen molar-refractivity contribution in [3.05, 3.63) is 29.8 Å². The lowest BCUT2D eigenvalue weighted by Gasteiger charge is -2.03. The topological polar surface area (TPSA) is 38.9 Å². The highest BCUT2D eigenvalue weighted by molar-refractivity contribution is 5.07. The maximum absolute atomic E-state index is 12.8. The zero-order chi connectivity index (χ0) is 8.27. The smallest absolute Gasteiger partial charge is 0.144 e. The highest BCUT2D eigenvalue weighted by Gasteiger charge is 2.03. The van der Waals surface area contributed by atoms with Crippen LogP contribution in [0.5, 0.6) is 0 Å². The van der Waals surface area contributed by atoms with E-state index < -0.39 is 0 Å². The Balaban J connectivity index is 2.78. The molecule has 0 saturated carbocycles. The molecule has 0 unspecified atom stereocenters. The first-order chi connectivity index (χ1) is 5.20. The van der Waals surface area contributed by atoms with Crippen LogP contribution in [0.4, 0.5) is 4.39 Å². The SMILES string of the molecule is C[C@@H](N)Cc1ncccc1F. The van der Waals surface area contributed by atoms with Gasteiger partial charge in [-0.1, -0.05) is 0 Å². The number of hydrogen-bond donors (Lipinski definition) is 1. The lowest BCUT2D eigenvalue weighted by molar-refractivity contribution is 0.583. The molecule has 0 saturated heterocycles. The standard InChI is InChI=1S/C8H11FN2/c1-6(10)5-8-7(9)3-2-4-11-8/h2-4,6H,5,10H2,1H3/t6-/m1/s1. The van der Waals surface area contributed by atoms with Crippen molar-refractivity contribution in [1.29, 1.82) is 0 Å². The first kappa shape index (κ1) is 8.14. The molecule has 0 aliphatic carbocycles. The maximum Gasteiger partial charge on any atom is 0.144 e. The van der Waals surface area contributed by atoms with Gasteiger partial charge >= 0.3 is 0 Å². The maximum atomic E-state index is 12.8. The fourth-order valence-corrected chi connectivity index (χ4v) is 0.874. The monoisotopic (exact) mass is 154 g/mol. The summed E-state index contributed by atoms with van der Waals surface area (Å²) in [7, 11) is 0.